The van der Waals surface area contributed by atoms with Crippen molar-refractivity contribution in [2.45, 2.75) is 10.6 Å². The molecule has 0 aliphatic carbocycles. The molecule has 0 aliphatic rings. The van der Waals surface area contributed by atoms with Gasteiger partial charge in [-0.05, 0) is 36.4 Å². The third kappa shape index (κ3) is 3.53. The van der Waals surface area contributed by atoms with Gasteiger partial charge < -0.3 is 10.5 Å². The van der Waals surface area contributed by atoms with Crippen LogP contribution in [0.5, 0.6) is 5.75 Å². The number of rotatable bonds is 4. The summed E-state index contributed by atoms with van der Waals surface area (Å²) in [6.07, 6.45) is 0. The largest absolute Gasteiger partial charge is 0.496 e. The van der Waals surface area contributed by atoms with E-state index in [4.69, 9.17) is 22.1 Å². The van der Waals surface area contributed by atoms with Crippen LogP contribution in [0.1, 0.15) is 5.56 Å². The Morgan fingerprint density at radius 2 is 2.05 bits per heavy atom. The number of hydrogen-bond donors (Lipinski definition) is 1. The first-order valence-corrected chi connectivity index (χ1v) is 8.26. The fourth-order valence-electron chi connectivity index (χ4n) is 1.78. The molecule has 0 amide bonds. The van der Waals surface area contributed by atoms with E-state index in [0.717, 1.165) is 10.0 Å². The number of hydrogen-bond acceptors (Lipinski definition) is 3. The average Bonchev–Trinajstić information content (AvgIpc) is 2.41. The maximum absolute atomic E-state index is 12.5. The van der Waals surface area contributed by atoms with E-state index in [9.17, 15) is 4.21 Å². The maximum Gasteiger partial charge on any atom is 0.123 e. The molecule has 0 fully saturated rings. The van der Waals surface area contributed by atoms with Gasteiger partial charge in [-0.1, -0.05) is 27.5 Å². The summed E-state index contributed by atoms with van der Waals surface area (Å²) in [6.45, 7) is 0. The summed E-state index contributed by atoms with van der Waals surface area (Å²) in [5.41, 5.74) is 7.17. The van der Waals surface area contributed by atoms with E-state index in [0.29, 0.717) is 27.1 Å². The summed E-state index contributed by atoms with van der Waals surface area (Å²) < 4.78 is 18.7. The van der Waals surface area contributed by atoms with Gasteiger partial charge in [-0.25, -0.2) is 0 Å². The lowest BCUT2D eigenvalue weighted by atomic mass is 10.2. The van der Waals surface area contributed by atoms with E-state index in [2.05, 4.69) is 15.9 Å². The Balaban J connectivity index is 2.32. The average molecular weight is 375 g/mol. The van der Waals surface area contributed by atoms with E-state index >= 15 is 0 Å². The molecule has 0 aromatic heterocycles. The standard InChI is InChI=1S/C14H13BrClNO2S/c1-19-13-5-2-10(15)6-9(13)8-20(18)14-7-11(16)3-4-12(14)17/h2-7H,8,17H2,1H3. The van der Waals surface area contributed by atoms with Gasteiger partial charge in [0.25, 0.3) is 0 Å². The van der Waals surface area contributed by atoms with Crippen LogP contribution in [0.3, 0.4) is 0 Å². The molecule has 0 radical (unpaired) electrons. The Morgan fingerprint density at radius 1 is 1.30 bits per heavy atom. The zero-order chi connectivity index (χ0) is 14.7. The molecule has 6 heteroatoms. The number of benzene rings is 2. The van der Waals surface area contributed by atoms with Gasteiger partial charge in [0, 0.05) is 20.7 Å². The molecule has 2 aromatic carbocycles. The highest BCUT2D eigenvalue weighted by molar-refractivity contribution is 9.10. The molecule has 20 heavy (non-hydrogen) atoms. The lowest BCUT2D eigenvalue weighted by molar-refractivity contribution is 0.411. The SMILES string of the molecule is COc1ccc(Br)cc1CS(=O)c1cc(Cl)ccc1N. The molecule has 2 rings (SSSR count). The number of nitrogen functional groups attached to an aromatic ring is 1. The van der Waals surface area contributed by atoms with Crippen LogP contribution in [-0.2, 0) is 16.6 Å². The Bertz CT molecular complexity index is 664. The van der Waals surface area contributed by atoms with Gasteiger partial charge in [0.05, 0.1) is 28.6 Å². The van der Waals surface area contributed by atoms with E-state index in [1.54, 1.807) is 25.3 Å². The van der Waals surface area contributed by atoms with Gasteiger partial charge in [0.15, 0.2) is 0 Å². The summed E-state index contributed by atoms with van der Waals surface area (Å²) in [6, 6.07) is 10.6. The first-order chi connectivity index (χ1) is 9.51. The molecule has 0 aliphatic heterocycles. The van der Waals surface area contributed by atoms with Gasteiger partial charge in [0.1, 0.15) is 5.75 Å². The van der Waals surface area contributed by atoms with Crippen molar-refractivity contribution in [1.82, 2.24) is 0 Å². The Kier molecular flexibility index (Phi) is 5.07. The molecule has 0 heterocycles. The molecule has 0 saturated carbocycles. The van der Waals surface area contributed by atoms with Crippen LogP contribution < -0.4 is 10.5 Å². The minimum atomic E-state index is -1.29. The van der Waals surface area contributed by atoms with Crippen molar-refractivity contribution in [1.29, 1.82) is 0 Å². The number of anilines is 1. The smallest absolute Gasteiger partial charge is 0.123 e. The molecular formula is C14H13BrClNO2S. The molecule has 0 bridgehead atoms. The number of ether oxygens (including phenoxy) is 1. The van der Waals surface area contributed by atoms with Crippen molar-refractivity contribution in [2.24, 2.45) is 0 Å². The molecule has 1 atom stereocenters. The molecule has 3 nitrogen and oxygen atoms in total. The third-order valence-corrected chi connectivity index (χ3v) is 4.90. The monoisotopic (exact) mass is 373 g/mol. The van der Waals surface area contributed by atoms with Crippen molar-refractivity contribution in [3.63, 3.8) is 0 Å². The van der Waals surface area contributed by atoms with Crippen LogP contribution in [0.25, 0.3) is 0 Å². The summed E-state index contributed by atoms with van der Waals surface area (Å²) >= 11 is 9.32. The highest BCUT2D eigenvalue weighted by Gasteiger charge is 2.13. The number of nitrogens with two attached hydrogens (primary N) is 1. The van der Waals surface area contributed by atoms with Crippen molar-refractivity contribution >= 4 is 44.0 Å². The minimum Gasteiger partial charge on any atom is -0.496 e. The minimum absolute atomic E-state index is 0.313. The van der Waals surface area contributed by atoms with Crippen LogP contribution in [-0.4, -0.2) is 11.3 Å². The molecule has 0 spiro atoms. The molecule has 106 valence electrons. The lowest BCUT2D eigenvalue weighted by Crippen LogP contribution is -2.02. The Hall–Kier alpha value is -1.04. The van der Waals surface area contributed by atoms with E-state index < -0.39 is 10.8 Å². The molecule has 0 saturated heterocycles. The highest BCUT2D eigenvalue weighted by atomic mass is 79.9. The predicted molar refractivity (Wildman–Crippen MR) is 86.7 cm³/mol. The third-order valence-electron chi connectivity index (χ3n) is 2.75. The van der Waals surface area contributed by atoms with Crippen molar-refractivity contribution in [3.05, 3.63) is 51.5 Å². The predicted octanol–water partition coefficient (Wildman–Crippen LogP) is 4.00. The second-order valence-electron chi connectivity index (χ2n) is 4.13. The zero-order valence-electron chi connectivity index (χ0n) is 10.7. The first kappa shape index (κ1) is 15.4. The van der Waals surface area contributed by atoms with Gasteiger partial charge in [-0.15, -0.1) is 0 Å². The second-order valence-corrected chi connectivity index (χ2v) is 6.90. The molecule has 2 aromatic rings. The first-order valence-electron chi connectivity index (χ1n) is 5.77. The van der Waals surface area contributed by atoms with Crippen LogP contribution in [0.15, 0.2) is 45.8 Å². The lowest BCUT2D eigenvalue weighted by Gasteiger charge is -2.10. The van der Waals surface area contributed by atoms with Crippen LogP contribution >= 0.6 is 27.5 Å². The summed E-state index contributed by atoms with van der Waals surface area (Å²) in [4.78, 5) is 0.541. The van der Waals surface area contributed by atoms with Gasteiger partial charge >= 0.3 is 0 Å². The van der Waals surface area contributed by atoms with Crippen LogP contribution in [0, 0.1) is 0 Å². The van der Waals surface area contributed by atoms with Crippen LogP contribution in [0.4, 0.5) is 5.69 Å². The quantitative estimate of drug-likeness (QED) is 0.823. The van der Waals surface area contributed by atoms with Crippen molar-refractivity contribution in [2.75, 3.05) is 12.8 Å². The summed E-state index contributed by atoms with van der Waals surface area (Å²) in [5.74, 6) is 1.01. The van der Waals surface area contributed by atoms with Gasteiger partial charge in [-0.2, -0.15) is 0 Å². The molecule has 1 unspecified atom stereocenters. The van der Waals surface area contributed by atoms with Gasteiger partial charge in [-0.3, -0.25) is 4.21 Å². The van der Waals surface area contributed by atoms with Crippen LogP contribution in [0.2, 0.25) is 5.02 Å². The number of methoxy groups -OCH3 is 1. The zero-order valence-corrected chi connectivity index (χ0v) is 13.9. The fraction of sp³-hybridized carbons (Fsp3) is 0.143. The summed E-state index contributed by atoms with van der Waals surface area (Å²) in [7, 11) is 0.300. The molecular weight excluding hydrogens is 362 g/mol. The van der Waals surface area contributed by atoms with E-state index in [1.807, 2.05) is 18.2 Å². The normalized spacial score (nSPS) is 12.2. The molecule has 2 N–H and O–H groups in total. The fourth-order valence-corrected chi connectivity index (χ4v) is 3.68. The van der Waals surface area contributed by atoms with E-state index in [-0.39, 0.29) is 0 Å². The Labute approximate surface area is 133 Å². The Morgan fingerprint density at radius 3 is 2.75 bits per heavy atom. The second kappa shape index (κ2) is 6.61. The van der Waals surface area contributed by atoms with Gasteiger partial charge in [0.2, 0.25) is 0 Å². The van der Waals surface area contributed by atoms with Crippen molar-refractivity contribution in [3.8, 4) is 5.75 Å². The summed E-state index contributed by atoms with van der Waals surface area (Å²) in [5, 5.41) is 0.517. The number of halogens is 2. The van der Waals surface area contributed by atoms with Crippen molar-refractivity contribution < 1.29 is 8.95 Å². The van der Waals surface area contributed by atoms with E-state index in [1.165, 1.54) is 0 Å². The highest BCUT2D eigenvalue weighted by Crippen LogP contribution is 2.28. The topological polar surface area (TPSA) is 52.3 Å². The maximum atomic E-state index is 12.5.